The predicted molar refractivity (Wildman–Crippen MR) is 117 cm³/mol. The normalized spacial score (nSPS) is 10.9. The lowest BCUT2D eigenvalue weighted by atomic mass is 10.2. The van der Waals surface area contributed by atoms with E-state index < -0.39 is 0 Å². The molecule has 1 aromatic carbocycles. The number of benzene rings is 1. The van der Waals surface area contributed by atoms with Crippen LogP contribution >= 0.6 is 11.3 Å². The fourth-order valence-corrected chi connectivity index (χ4v) is 3.56. The molecule has 0 atom stereocenters. The zero-order valence-electron chi connectivity index (χ0n) is 16.8. The maximum atomic E-state index is 12.4. The zero-order chi connectivity index (χ0) is 20.9. The molecule has 3 aromatic heterocycles. The van der Waals surface area contributed by atoms with Gasteiger partial charge in [0.15, 0.2) is 0 Å². The van der Waals surface area contributed by atoms with Gasteiger partial charge in [-0.05, 0) is 29.1 Å². The minimum absolute atomic E-state index is 0.130. The first-order chi connectivity index (χ1) is 14.6. The maximum Gasteiger partial charge on any atom is 0.227 e. The average molecular weight is 423 g/mol. The SMILES string of the molecule is CN(C)c1ccc(Cn2nccc2NC(=O)CCc2nc(-c3ccsc3)no2)cc1. The molecule has 0 unspecified atom stereocenters. The Labute approximate surface area is 178 Å². The molecule has 154 valence electrons. The monoisotopic (exact) mass is 422 g/mol. The van der Waals surface area contributed by atoms with Gasteiger partial charge in [0, 0.05) is 49.6 Å². The van der Waals surface area contributed by atoms with E-state index in [4.69, 9.17) is 4.52 Å². The molecule has 0 aliphatic heterocycles. The van der Waals surface area contributed by atoms with Crippen LogP contribution in [0.15, 0.2) is 57.9 Å². The van der Waals surface area contributed by atoms with E-state index in [2.05, 4.69) is 49.7 Å². The second-order valence-electron chi connectivity index (χ2n) is 7.01. The fourth-order valence-electron chi connectivity index (χ4n) is 2.93. The molecule has 0 bridgehead atoms. The number of carbonyl (C=O) groups excluding carboxylic acids is 1. The number of nitrogens with one attached hydrogen (secondary N) is 1. The van der Waals surface area contributed by atoms with Crippen molar-refractivity contribution in [1.82, 2.24) is 19.9 Å². The summed E-state index contributed by atoms with van der Waals surface area (Å²) in [6, 6.07) is 12.0. The van der Waals surface area contributed by atoms with Crippen molar-refractivity contribution in [2.75, 3.05) is 24.3 Å². The molecule has 1 N–H and O–H groups in total. The molecule has 0 spiro atoms. The first kappa shape index (κ1) is 19.8. The Balaban J connectivity index is 1.32. The summed E-state index contributed by atoms with van der Waals surface area (Å²) in [5.74, 6) is 1.52. The highest BCUT2D eigenvalue weighted by atomic mass is 32.1. The van der Waals surface area contributed by atoms with E-state index in [9.17, 15) is 4.79 Å². The van der Waals surface area contributed by atoms with Crippen molar-refractivity contribution < 1.29 is 9.32 Å². The summed E-state index contributed by atoms with van der Waals surface area (Å²) in [7, 11) is 4.01. The lowest BCUT2D eigenvalue weighted by Gasteiger charge is -2.13. The van der Waals surface area contributed by atoms with Crippen LogP contribution in [0.4, 0.5) is 11.5 Å². The molecule has 3 heterocycles. The van der Waals surface area contributed by atoms with E-state index in [1.54, 1.807) is 28.3 Å². The zero-order valence-corrected chi connectivity index (χ0v) is 17.6. The van der Waals surface area contributed by atoms with Gasteiger partial charge in [-0.1, -0.05) is 17.3 Å². The van der Waals surface area contributed by atoms with Crippen molar-refractivity contribution in [3.05, 3.63) is 64.8 Å². The van der Waals surface area contributed by atoms with Gasteiger partial charge in [-0.25, -0.2) is 4.68 Å². The van der Waals surface area contributed by atoms with Crippen LogP contribution in [-0.2, 0) is 17.8 Å². The number of hydrogen-bond donors (Lipinski definition) is 1. The molecule has 4 aromatic rings. The van der Waals surface area contributed by atoms with Crippen molar-refractivity contribution in [2.45, 2.75) is 19.4 Å². The molecular weight excluding hydrogens is 400 g/mol. The van der Waals surface area contributed by atoms with Crippen LogP contribution in [0.3, 0.4) is 0 Å². The molecule has 0 radical (unpaired) electrons. The summed E-state index contributed by atoms with van der Waals surface area (Å²) in [4.78, 5) is 18.8. The predicted octanol–water partition coefficient (Wildman–Crippen LogP) is 3.68. The lowest BCUT2D eigenvalue weighted by molar-refractivity contribution is -0.116. The highest BCUT2D eigenvalue weighted by Gasteiger charge is 2.13. The summed E-state index contributed by atoms with van der Waals surface area (Å²) < 4.78 is 7.01. The largest absolute Gasteiger partial charge is 0.378 e. The highest BCUT2D eigenvalue weighted by molar-refractivity contribution is 7.08. The summed E-state index contributed by atoms with van der Waals surface area (Å²) in [6.07, 6.45) is 2.30. The van der Waals surface area contributed by atoms with Crippen LogP contribution < -0.4 is 10.2 Å². The van der Waals surface area contributed by atoms with Gasteiger partial charge in [-0.3, -0.25) is 4.79 Å². The molecule has 9 heteroatoms. The van der Waals surface area contributed by atoms with Crippen LogP contribution in [0.5, 0.6) is 0 Å². The Morgan fingerprint density at radius 3 is 2.77 bits per heavy atom. The van der Waals surface area contributed by atoms with E-state index in [1.165, 1.54) is 0 Å². The quantitative estimate of drug-likeness (QED) is 0.466. The minimum Gasteiger partial charge on any atom is -0.378 e. The van der Waals surface area contributed by atoms with Gasteiger partial charge in [0.05, 0.1) is 12.7 Å². The van der Waals surface area contributed by atoms with E-state index in [0.717, 1.165) is 16.8 Å². The molecule has 30 heavy (non-hydrogen) atoms. The standard InChI is InChI=1S/C21H22N6O2S/c1-26(2)17-5-3-15(4-6-17)13-27-18(9-11-22-27)23-19(28)7-8-20-24-21(25-29-20)16-10-12-30-14-16/h3-6,9-12,14H,7-8,13H2,1-2H3,(H,23,28). The van der Waals surface area contributed by atoms with Crippen LogP contribution in [0.25, 0.3) is 11.4 Å². The molecule has 8 nitrogen and oxygen atoms in total. The first-order valence-electron chi connectivity index (χ1n) is 9.51. The Morgan fingerprint density at radius 1 is 1.20 bits per heavy atom. The number of nitrogens with zero attached hydrogens (tertiary/aromatic N) is 5. The number of anilines is 2. The Hall–Kier alpha value is -3.46. The fraction of sp³-hybridized carbons (Fsp3) is 0.238. The van der Waals surface area contributed by atoms with Crippen LogP contribution in [0, 0.1) is 0 Å². The van der Waals surface area contributed by atoms with Crippen LogP contribution in [0.2, 0.25) is 0 Å². The van der Waals surface area contributed by atoms with Crippen molar-refractivity contribution in [3.63, 3.8) is 0 Å². The number of hydrogen-bond acceptors (Lipinski definition) is 7. The molecule has 0 aliphatic carbocycles. The van der Waals surface area contributed by atoms with Crippen LogP contribution in [0.1, 0.15) is 17.9 Å². The topological polar surface area (TPSA) is 89.1 Å². The molecule has 0 saturated heterocycles. The van der Waals surface area contributed by atoms with Gasteiger partial charge in [-0.15, -0.1) is 0 Å². The van der Waals surface area contributed by atoms with Crippen molar-refractivity contribution in [2.24, 2.45) is 0 Å². The maximum absolute atomic E-state index is 12.4. The van der Waals surface area contributed by atoms with E-state index in [0.29, 0.717) is 30.5 Å². The van der Waals surface area contributed by atoms with Crippen molar-refractivity contribution in [1.29, 1.82) is 0 Å². The van der Waals surface area contributed by atoms with Gasteiger partial charge in [0.25, 0.3) is 0 Å². The Bertz CT molecular complexity index is 1100. The second kappa shape index (κ2) is 8.91. The lowest BCUT2D eigenvalue weighted by Crippen LogP contribution is -2.16. The Kier molecular flexibility index (Phi) is 5.89. The first-order valence-corrected chi connectivity index (χ1v) is 10.5. The number of thiophene rings is 1. The number of carbonyl (C=O) groups is 1. The number of aromatic nitrogens is 4. The number of rotatable bonds is 8. The van der Waals surface area contributed by atoms with Gasteiger partial charge in [0.1, 0.15) is 5.82 Å². The summed E-state index contributed by atoms with van der Waals surface area (Å²) in [5, 5.41) is 15.1. The number of aryl methyl sites for hydroxylation is 1. The van der Waals surface area contributed by atoms with E-state index in [1.807, 2.05) is 30.9 Å². The summed E-state index contributed by atoms with van der Waals surface area (Å²) in [6.45, 7) is 0.573. The Morgan fingerprint density at radius 2 is 2.03 bits per heavy atom. The van der Waals surface area contributed by atoms with Crippen molar-refractivity contribution >= 4 is 28.7 Å². The van der Waals surface area contributed by atoms with Gasteiger partial charge in [0.2, 0.25) is 17.6 Å². The van der Waals surface area contributed by atoms with E-state index in [-0.39, 0.29) is 12.3 Å². The highest BCUT2D eigenvalue weighted by Crippen LogP contribution is 2.19. The van der Waals surface area contributed by atoms with Crippen molar-refractivity contribution in [3.8, 4) is 11.4 Å². The second-order valence-corrected chi connectivity index (χ2v) is 7.79. The third-order valence-corrected chi connectivity index (χ3v) is 5.27. The third-order valence-electron chi connectivity index (χ3n) is 4.58. The average Bonchev–Trinajstić information content (AvgIpc) is 3.49. The molecular formula is C21H22N6O2S. The van der Waals surface area contributed by atoms with Gasteiger partial charge < -0.3 is 14.7 Å². The molecule has 1 amide bonds. The molecule has 4 rings (SSSR count). The number of amides is 1. The summed E-state index contributed by atoms with van der Waals surface area (Å²) in [5.41, 5.74) is 3.16. The third kappa shape index (κ3) is 4.74. The van der Waals surface area contributed by atoms with Crippen LogP contribution in [-0.4, -0.2) is 39.9 Å². The minimum atomic E-state index is -0.130. The molecule has 0 fully saturated rings. The molecule has 0 saturated carbocycles. The van der Waals surface area contributed by atoms with E-state index >= 15 is 0 Å². The summed E-state index contributed by atoms with van der Waals surface area (Å²) >= 11 is 1.57. The van der Waals surface area contributed by atoms with Gasteiger partial charge >= 0.3 is 0 Å². The van der Waals surface area contributed by atoms with Gasteiger partial charge in [-0.2, -0.15) is 21.4 Å². The smallest absolute Gasteiger partial charge is 0.227 e. The molecule has 0 aliphatic rings.